The van der Waals surface area contributed by atoms with Gasteiger partial charge in [-0.3, -0.25) is 14.5 Å². The lowest BCUT2D eigenvalue weighted by atomic mass is 10.1. The number of aromatic amines is 1. The normalized spacial score (nSPS) is 10.6. The maximum atomic E-state index is 12.8. The van der Waals surface area contributed by atoms with Crippen molar-refractivity contribution in [2.75, 3.05) is 0 Å². The van der Waals surface area contributed by atoms with Gasteiger partial charge < -0.3 is 0 Å². The topological polar surface area (TPSA) is 71.8 Å². The Kier molecular flexibility index (Phi) is 2.68. The SMILES string of the molecule is O=c1[nH]c(-c2ccc(-c3ccc(F)cc3)cn2)no1. The summed E-state index contributed by atoms with van der Waals surface area (Å²) >= 11 is 0. The van der Waals surface area contributed by atoms with Crippen LogP contribution in [-0.2, 0) is 0 Å². The molecule has 94 valence electrons. The molecule has 0 aliphatic carbocycles. The van der Waals surface area contributed by atoms with Crippen molar-refractivity contribution in [3.8, 4) is 22.6 Å². The minimum Gasteiger partial charge on any atom is -0.296 e. The van der Waals surface area contributed by atoms with Crippen LogP contribution >= 0.6 is 0 Å². The van der Waals surface area contributed by atoms with E-state index in [4.69, 9.17) is 0 Å². The third kappa shape index (κ3) is 2.28. The Balaban J connectivity index is 1.94. The van der Waals surface area contributed by atoms with Crippen LogP contribution in [0.2, 0.25) is 0 Å². The number of benzene rings is 1. The smallest absolute Gasteiger partial charge is 0.296 e. The molecule has 0 fully saturated rings. The van der Waals surface area contributed by atoms with Crippen molar-refractivity contribution in [2.24, 2.45) is 0 Å². The molecule has 0 aliphatic rings. The van der Waals surface area contributed by atoms with Gasteiger partial charge in [-0.25, -0.2) is 9.18 Å². The van der Waals surface area contributed by atoms with Gasteiger partial charge in [0.05, 0.1) is 0 Å². The van der Waals surface area contributed by atoms with Crippen molar-refractivity contribution in [1.29, 1.82) is 0 Å². The molecule has 0 saturated heterocycles. The Hall–Kier alpha value is -2.76. The number of H-pyrrole nitrogens is 1. The van der Waals surface area contributed by atoms with Gasteiger partial charge in [0.2, 0.25) is 5.82 Å². The maximum absolute atomic E-state index is 12.8. The Morgan fingerprint density at radius 1 is 1.05 bits per heavy atom. The van der Waals surface area contributed by atoms with Crippen molar-refractivity contribution in [3.05, 3.63) is 59.0 Å². The Labute approximate surface area is 106 Å². The molecule has 0 atom stereocenters. The second-order valence-corrected chi connectivity index (χ2v) is 3.88. The highest BCUT2D eigenvalue weighted by molar-refractivity contribution is 5.64. The molecule has 19 heavy (non-hydrogen) atoms. The minimum absolute atomic E-state index is 0.274. The van der Waals surface area contributed by atoms with Crippen LogP contribution in [0.3, 0.4) is 0 Å². The number of hydrogen-bond donors (Lipinski definition) is 1. The highest BCUT2D eigenvalue weighted by atomic mass is 19.1. The van der Waals surface area contributed by atoms with E-state index >= 15 is 0 Å². The zero-order valence-electron chi connectivity index (χ0n) is 9.63. The van der Waals surface area contributed by atoms with E-state index in [1.807, 2.05) is 6.07 Å². The summed E-state index contributed by atoms with van der Waals surface area (Å²) in [6.45, 7) is 0. The number of pyridine rings is 1. The molecule has 0 radical (unpaired) electrons. The van der Waals surface area contributed by atoms with E-state index in [9.17, 15) is 9.18 Å². The zero-order chi connectivity index (χ0) is 13.2. The van der Waals surface area contributed by atoms with Gasteiger partial charge in [-0.05, 0) is 23.8 Å². The summed E-state index contributed by atoms with van der Waals surface area (Å²) in [7, 11) is 0. The molecule has 1 aromatic carbocycles. The summed E-state index contributed by atoms with van der Waals surface area (Å²) < 4.78 is 17.2. The van der Waals surface area contributed by atoms with Crippen molar-refractivity contribution in [3.63, 3.8) is 0 Å². The predicted molar refractivity (Wildman–Crippen MR) is 65.7 cm³/mol. The van der Waals surface area contributed by atoms with Gasteiger partial charge in [0.1, 0.15) is 11.5 Å². The van der Waals surface area contributed by atoms with Gasteiger partial charge in [0.25, 0.3) is 0 Å². The molecule has 0 bridgehead atoms. The molecule has 0 spiro atoms. The number of rotatable bonds is 2. The standard InChI is InChI=1S/C13H8FN3O2/c14-10-4-1-8(2-5-10)9-3-6-11(15-7-9)12-16-13(18)19-17-12/h1-7H,(H,16,17,18). The van der Waals surface area contributed by atoms with Crippen molar-refractivity contribution < 1.29 is 8.91 Å². The van der Waals surface area contributed by atoms with Gasteiger partial charge in [-0.15, -0.1) is 0 Å². The highest BCUT2D eigenvalue weighted by Crippen LogP contribution is 2.20. The van der Waals surface area contributed by atoms with E-state index in [-0.39, 0.29) is 11.6 Å². The summed E-state index contributed by atoms with van der Waals surface area (Å²) in [6.07, 6.45) is 1.62. The monoisotopic (exact) mass is 257 g/mol. The lowest BCUT2D eigenvalue weighted by Gasteiger charge is -2.01. The molecule has 3 aromatic rings. The van der Waals surface area contributed by atoms with Crippen LogP contribution in [0.4, 0.5) is 4.39 Å². The second kappa shape index (κ2) is 4.49. The molecule has 3 rings (SSSR count). The van der Waals surface area contributed by atoms with E-state index in [1.54, 1.807) is 24.4 Å². The molecule has 6 heteroatoms. The highest BCUT2D eigenvalue weighted by Gasteiger charge is 2.06. The van der Waals surface area contributed by atoms with E-state index in [2.05, 4.69) is 19.6 Å². The minimum atomic E-state index is -0.626. The Morgan fingerprint density at radius 2 is 1.79 bits per heavy atom. The van der Waals surface area contributed by atoms with Crippen LogP contribution in [0.1, 0.15) is 0 Å². The van der Waals surface area contributed by atoms with Crippen LogP contribution in [-0.4, -0.2) is 15.1 Å². The molecule has 0 unspecified atom stereocenters. The van der Waals surface area contributed by atoms with Crippen LogP contribution < -0.4 is 5.76 Å². The fraction of sp³-hybridized carbons (Fsp3) is 0. The van der Waals surface area contributed by atoms with Gasteiger partial charge in [-0.2, -0.15) is 0 Å². The summed E-state index contributed by atoms with van der Waals surface area (Å²) in [5, 5.41) is 3.54. The zero-order valence-corrected chi connectivity index (χ0v) is 9.63. The largest absolute Gasteiger partial charge is 0.439 e. The third-order valence-corrected chi connectivity index (χ3v) is 2.62. The van der Waals surface area contributed by atoms with Crippen molar-refractivity contribution in [2.45, 2.75) is 0 Å². The van der Waals surface area contributed by atoms with E-state index in [0.29, 0.717) is 5.69 Å². The van der Waals surface area contributed by atoms with Gasteiger partial charge >= 0.3 is 5.76 Å². The summed E-state index contributed by atoms with van der Waals surface area (Å²) in [6, 6.07) is 9.62. The van der Waals surface area contributed by atoms with Gasteiger partial charge in [-0.1, -0.05) is 23.4 Å². The summed E-state index contributed by atoms with van der Waals surface area (Å²) in [4.78, 5) is 17.4. The number of aromatic nitrogens is 3. The number of hydrogen-bond acceptors (Lipinski definition) is 4. The van der Waals surface area contributed by atoms with Crippen LogP contribution in [0.15, 0.2) is 51.9 Å². The first-order valence-electron chi connectivity index (χ1n) is 5.51. The average Bonchev–Trinajstić information content (AvgIpc) is 2.87. The number of nitrogens with one attached hydrogen (secondary N) is 1. The van der Waals surface area contributed by atoms with Gasteiger partial charge in [0, 0.05) is 11.8 Å². The Morgan fingerprint density at radius 3 is 2.37 bits per heavy atom. The maximum Gasteiger partial charge on any atom is 0.439 e. The molecule has 1 N–H and O–H groups in total. The average molecular weight is 257 g/mol. The predicted octanol–water partition coefficient (Wildman–Crippen LogP) is 2.23. The van der Waals surface area contributed by atoms with Crippen molar-refractivity contribution >= 4 is 0 Å². The third-order valence-electron chi connectivity index (χ3n) is 2.62. The van der Waals surface area contributed by atoms with E-state index in [1.165, 1.54) is 12.1 Å². The number of halogens is 1. The van der Waals surface area contributed by atoms with E-state index in [0.717, 1.165) is 11.1 Å². The lowest BCUT2D eigenvalue weighted by Crippen LogP contribution is -1.95. The fourth-order valence-corrected chi connectivity index (χ4v) is 1.69. The molecule has 2 heterocycles. The van der Waals surface area contributed by atoms with Gasteiger partial charge in [0.15, 0.2) is 0 Å². The summed E-state index contributed by atoms with van der Waals surface area (Å²) in [5.74, 6) is -0.636. The first kappa shape index (κ1) is 11.3. The second-order valence-electron chi connectivity index (χ2n) is 3.88. The lowest BCUT2D eigenvalue weighted by molar-refractivity contribution is 0.387. The van der Waals surface area contributed by atoms with Crippen LogP contribution in [0, 0.1) is 5.82 Å². The molecular formula is C13H8FN3O2. The van der Waals surface area contributed by atoms with E-state index < -0.39 is 5.76 Å². The van der Waals surface area contributed by atoms with Crippen LogP contribution in [0.5, 0.6) is 0 Å². The summed E-state index contributed by atoms with van der Waals surface area (Å²) in [5.41, 5.74) is 2.19. The molecular weight excluding hydrogens is 249 g/mol. The molecule has 5 nitrogen and oxygen atoms in total. The molecule has 2 aromatic heterocycles. The number of nitrogens with zero attached hydrogens (tertiary/aromatic N) is 2. The van der Waals surface area contributed by atoms with Crippen molar-refractivity contribution in [1.82, 2.24) is 15.1 Å². The Bertz CT molecular complexity index is 745. The quantitative estimate of drug-likeness (QED) is 0.764. The fourth-order valence-electron chi connectivity index (χ4n) is 1.69. The first-order chi connectivity index (χ1) is 9.22. The van der Waals surface area contributed by atoms with Crippen LogP contribution in [0.25, 0.3) is 22.6 Å². The molecule has 0 amide bonds. The molecule has 0 aliphatic heterocycles. The molecule has 0 saturated carbocycles. The first-order valence-corrected chi connectivity index (χ1v) is 5.51.